The van der Waals surface area contributed by atoms with Gasteiger partial charge in [-0.2, -0.15) is 4.68 Å². The van der Waals surface area contributed by atoms with E-state index in [4.69, 9.17) is 0 Å². The Morgan fingerprint density at radius 2 is 2.17 bits per heavy atom. The molecule has 3 aromatic rings. The number of thiazole rings is 1. The van der Waals surface area contributed by atoms with Crippen LogP contribution in [0.25, 0.3) is 5.69 Å². The Kier molecular flexibility index (Phi) is 4.63. The molecule has 118 valence electrons. The number of benzene rings is 1. The number of aromatic nitrogens is 5. The highest BCUT2D eigenvalue weighted by molar-refractivity contribution is 7.99. The van der Waals surface area contributed by atoms with Gasteiger partial charge < -0.3 is 5.32 Å². The Bertz CT molecular complexity index is 816. The number of tetrazole rings is 1. The van der Waals surface area contributed by atoms with Crippen LogP contribution in [-0.2, 0) is 4.79 Å². The van der Waals surface area contributed by atoms with Crippen molar-refractivity contribution in [1.29, 1.82) is 0 Å². The molecule has 0 saturated heterocycles. The number of carbonyl (C=O) groups is 1. The van der Waals surface area contributed by atoms with E-state index in [0.717, 1.165) is 5.69 Å². The molecule has 0 saturated carbocycles. The summed E-state index contributed by atoms with van der Waals surface area (Å²) >= 11 is 2.55. The maximum Gasteiger partial charge on any atom is 0.236 e. The van der Waals surface area contributed by atoms with Crippen molar-refractivity contribution in [2.45, 2.75) is 12.1 Å². The Balaban J connectivity index is 1.64. The molecule has 1 N–H and O–H groups in total. The van der Waals surface area contributed by atoms with Crippen LogP contribution in [0.1, 0.15) is 5.69 Å². The largest absolute Gasteiger partial charge is 0.301 e. The fraction of sp³-hybridized carbons (Fsp3) is 0.154. The van der Waals surface area contributed by atoms with Crippen molar-refractivity contribution in [3.63, 3.8) is 0 Å². The average molecular weight is 350 g/mol. The van der Waals surface area contributed by atoms with E-state index < -0.39 is 0 Å². The van der Waals surface area contributed by atoms with Crippen LogP contribution < -0.4 is 5.32 Å². The summed E-state index contributed by atoms with van der Waals surface area (Å²) in [5.74, 6) is -0.396. The lowest BCUT2D eigenvalue weighted by atomic mass is 10.3. The minimum absolute atomic E-state index is 0.139. The summed E-state index contributed by atoms with van der Waals surface area (Å²) in [4.78, 5) is 16.1. The molecule has 1 amide bonds. The summed E-state index contributed by atoms with van der Waals surface area (Å²) in [5, 5.41) is 16.9. The van der Waals surface area contributed by atoms with Gasteiger partial charge in [0.15, 0.2) is 5.13 Å². The van der Waals surface area contributed by atoms with E-state index in [-0.39, 0.29) is 17.5 Å². The number of hydrogen-bond acceptors (Lipinski definition) is 7. The number of thioether (sulfide) groups is 1. The van der Waals surface area contributed by atoms with Gasteiger partial charge in [-0.3, -0.25) is 4.79 Å². The van der Waals surface area contributed by atoms with Gasteiger partial charge in [-0.05, 0) is 41.6 Å². The first-order valence-corrected chi connectivity index (χ1v) is 8.37. The summed E-state index contributed by atoms with van der Waals surface area (Å²) in [5.41, 5.74) is 1.48. The van der Waals surface area contributed by atoms with Gasteiger partial charge in [0.25, 0.3) is 0 Å². The highest BCUT2D eigenvalue weighted by Gasteiger charge is 2.12. The zero-order valence-corrected chi connectivity index (χ0v) is 13.6. The van der Waals surface area contributed by atoms with Gasteiger partial charge >= 0.3 is 0 Å². The van der Waals surface area contributed by atoms with Gasteiger partial charge in [-0.15, -0.1) is 16.4 Å². The number of amides is 1. The molecule has 10 heteroatoms. The number of aryl methyl sites for hydroxylation is 1. The van der Waals surface area contributed by atoms with Gasteiger partial charge in [-0.25, -0.2) is 9.37 Å². The fourth-order valence-corrected chi connectivity index (χ4v) is 3.11. The van der Waals surface area contributed by atoms with E-state index in [1.807, 2.05) is 12.3 Å². The maximum absolute atomic E-state index is 13.0. The molecule has 3 rings (SSSR count). The second-order valence-corrected chi connectivity index (χ2v) is 6.28. The third-order valence-electron chi connectivity index (χ3n) is 2.71. The van der Waals surface area contributed by atoms with Crippen LogP contribution in [-0.4, -0.2) is 36.9 Å². The van der Waals surface area contributed by atoms with Crippen LogP contribution in [0.2, 0.25) is 0 Å². The molecule has 23 heavy (non-hydrogen) atoms. The highest BCUT2D eigenvalue weighted by Crippen LogP contribution is 2.19. The van der Waals surface area contributed by atoms with Crippen LogP contribution >= 0.6 is 23.1 Å². The molecule has 0 aliphatic heterocycles. The van der Waals surface area contributed by atoms with Crippen molar-refractivity contribution >= 4 is 34.1 Å². The molecule has 0 bridgehead atoms. The molecular weight excluding hydrogens is 339 g/mol. The van der Waals surface area contributed by atoms with Crippen molar-refractivity contribution in [2.75, 3.05) is 11.1 Å². The lowest BCUT2D eigenvalue weighted by Gasteiger charge is -2.04. The highest BCUT2D eigenvalue weighted by atomic mass is 32.2. The molecule has 2 heterocycles. The summed E-state index contributed by atoms with van der Waals surface area (Å²) in [7, 11) is 0. The summed E-state index contributed by atoms with van der Waals surface area (Å²) in [6.45, 7) is 1.86. The Morgan fingerprint density at radius 3 is 2.87 bits per heavy atom. The topological polar surface area (TPSA) is 85.6 Å². The van der Waals surface area contributed by atoms with Crippen molar-refractivity contribution in [3.05, 3.63) is 41.2 Å². The summed E-state index contributed by atoms with van der Waals surface area (Å²) < 4.78 is 14.4. The van der Waals surface area contributed by atoms with E-state index in [1.165, 1.54) is 39.9 Å². The number of halogens is 1. The first kappa shape index (κ1) is 15.6. The average Bonchev–Trinajstić information content (AvgIpc) is 3.15. The Labute approximate surface area is 138 Å². The summed E-state index contributed by atoms with van der Waals surface area (Å²) in [6, 6.07) is 5.77. The third-order valence-corrected chi connectivity index (χ3v) is 4.50. The zero-order valence-electron chi connectivity index (χ0n) is 11.9. The minimum Gasteiger partial charge on any atom is -0.301 e. The lowest BCUT2D eigenvalue weighted by molar-refractivity contribution is -0.113. The molecule has 0 aliphatic carbocycles. The quantitative estimate of drug-likeness (QED) is 0.711. The number of hydrogen-bond donors (Lipinski definition) is 1. The first-order valence-electron chi connectivity index (χ1n) is 6.51. The van der Waals surface area contributed by atoms with Crippen molar-refractivity contribution < 1.29 is 9.18 Å². The molecule has 2 aromatic heterocycles. The van der Waals surface area contributed by atoms with Crippen molar-refractivity contribution in [2.24, 2.45) is 0 Å². The third kappa shape index (κ3) is 3.90. The normalized spacial score (nSPS) is 10.7. The number of nitrogens with zero attached hydrogens (tertiary/aromatic N) is 5. The van der Waals surface area contributed by atoms with Crippen molar-refractivity contribution in [3.8, 4) is 5.69 Å². The van der Waals surface area contributed by atoms with Crippen LogP contribution in [0, 0.1) is 12.7 Å². The smallest absolute Gasteiger partial charge is 0.236 e. The van der Waals surface area contributed by atoms with E-state index in [0.29, 0.717) is 16.0 Å². The molecule has 0 radical (unpaired) electrons. The number of rotatable bonds is 5. The molecular formula is C13H11FN6OS2. The van der Waals surface area contributed by atoms with E-state index >= 15 is 0 Å². The van der Waals surface area contributed by atoms with Gasteiger partial charge in [0, 0.05) is 5.38 Å². The Morgan fingerprint density at radius 1 is 1.39 bits per heavy atom. The van der Waals surface area contributed by atoms with Crippen molar-refractivity contribution in [1.82, 2.24) is 25.2 Å². The molecule has 0 atom stereocenters. The zero-order chi connectivity index (χ0) is 16.2. The number of nitrogens with one attached hydrogen (secondary N) is 1. The number of carbonyl (C=O) groups excluding carboxylic acids is 1. The van der Waals surface area contributed by atoms with Crippen LogP contribution in [0.15, 0.2) is 34.8 Å². The predicted octanol–water partition coefficient (Wildman–Crippen LogP) is 2.30. The van der Waals surface area contributed by atoms with E-state index in [1.54, 1.807) is 12.1 Å². The standard InChI is InChI=1S/C13H11FN6OS2/c1-8-6-22-12(15-8)16-11(21)7-23-13-17-18-19-20(13)10-4-2-9(14)3-5-10/h2-6H,7H2,1H3,(H,15,16,21). The lowest BCUT2D eigenvalue weighted by Crippen LogP contribution is -2.14. The van der Waals surface area contributed by atoms with Gasteiger partial charge in [-0.1, -0.05) is 11.8 Å². The molecule has 0 fully saturated rings. The Hall–Kier alpha value is -2.33. The SMILES string of the molecule is Cc1csc(NC(=O)CSc2nnnn2-c2ccc(F)cc2)n1. The molecule has 0 aliphatic rings. The number of anilines is 1. The predicted molar refractivity (Wildman–Crippen MR) is 85.3 cm³/mol. The molecule has 1 aromatic carbocycles. The first-order chi connectivity index (χ1) is 11.1. The molecule has 0 spiro atoms. The van der Waals surface area contributed by atoms with Gasteiger partial charge in [0.1, 0.15) is 5.82 Å². The minimum atomic E-state index is -0.339. The van der Waals surface area contributed by atoms with Crippen LogP contribution in [0.3, 0.4) is 0 Å². The van der Waals surface area contributed by atoms with Gasteiger partial charge in [0.2, 0.25) is 11.1 Å². The monoisotopic (exact) mass is 350 g/mol. The van der Waals surface area contributed by atoms with Crippen LogP contribution in [0.5, 0.6) is 0 Å². The molecule has 7 nitrogen and oxygen atoms in total. The van der Waals surface area contributed by atoms with Gasteiger partial charge in [0.05, 0.1) is 17.1 Å². The fourth-order valence-electron chi connectivity index (χ4n) is 1.71. The van der Waals surface area contributed by atoms with E-state index in [9.17, 15) is 9.18 Å². The maximum atomic E-state index is 13.0. The van der Waals surface area contributed by atoms with Crippen LogP contribution in [0.4, 0.5) is 9.52 Å². The molecule has 0 unspecified atom stereocenters. The van der Waals surface area contributed by atoms with E-state index in [2.05, 4.69) is 25.8 Å². The summed E-state index contributed by atoms with van der Waals surface area (Å²) in [6.07, 6.45) is 0. The second-order valence-electron chi connectivity index (χ2n) is 4.48. The second kappa shape index (κ2) is 6.84.